The molecule has 1 amide bonds. The maximum atomic E-state index is 13.7. The Balaban J connectivity index is 2.17. The van der Waals surface area contributed by atoms with Gasteiger partial charge in [0.15, 0.2) is 11.6 Å². The molecule has 0 spiro atoms. The van der Waals surface area contributed by atoms with Gasteiger partial charge >= 0.3 is 0 Å². The van der Waals surface area contributed by atoms with Gasteiger partial charge in [-0.25, -0.2) is 4.39 Å². The van der Waals surface area contributed by atoms with Crippen molar-refractivity contribution >= 4 is 5.91 Å². The lowest BCUT2D eigenvalue weighted by atomic mass is 9.98. The molecule has 2 atom stereocenters. The fourth-order valence-electron chi connectivity index (χ4n) is 2.68. The van der Waals surface area contributed by atoms with Gasteiger partial charge in [-0.3, -0.25) is 4.79 Å². The molecule has 2 N–H and O–H groups in total. The Morgan fingerprint density at radius 3 is 2.81 bits per heavy atom. The fraction of sp³-hybridized carbons (Fsp3) is 0.533. The lowest BCUT2D eigenvalue weighted by Crippen LogP contribution is -2.51. The van der Waals surface area contributed by atoms with Crippen LogP contribution in [0, 0.1) is 5.82 Å². The van der Waals surface area contributed by atoms with E-state index in [9.17, 15) is 9.18 Å². The zero-order valence-electron chi connectivity index (χ0n) is 12.3. The van der Waals surface area contributed by atoms with Gasteiger partial charge < -0.3 is 20.1 Å². The van der Waals surface area contributed by atoms with Crippen molar-refractivity contribution < 1.29 is 18.7 Å². The van der Waals surface area contributed by atoms with E-state index in [0.717, 1.165) is 6.42 Å². The molecule has 1 aromatic rings. The Hall–Kier alpha value is -1.66. The third-order valence-corrected chi connectivity index (χ3v) is 3.93. The van der Waals surface area contributed by atoms with Crippen molar-refractivity contribution in [1.82, 2.24) is 4.90 Å². The smallest absolute Gasteiger partial charge is 0.254 e. The molecule has 1 heterocycles. The second-order valence-corrected chi connectivity index (χ2v) is 5.12. The summed E-state index contributed by atoms with van der Waals surface area (Å²) < 4.78 is 23.9. The quantitative estimate of drug-likeness (QED) is 0.912. The molecule has 2 unspecified atom stereocenters. The predicted molar refractivity (Wildman–Crippen MR) is 76.9 cm³/mol. The average molecular weight is 296 g/mol. The zero-order chi connectivity index (χ0) is 15.4. The monoisotopic (exact) mass is 296 g/mol. The summed E-state index contributed by atoms with van der Waals surface area (Å²) in [6.45, 7) is 0.928. The Morgan fingerprint density at radius 1 is 1.48 bits per heavy atom. The molecule has 0 saturated carbocycles. The van der Waals surface area contributed by atoms with Gasteiger partial charge in [-0.2, -0.15) is 0 Å². The van der Waals surface area contributed by atoms with E-state index >= 15 is 0 Å². The lowest BCUT2D eigenvalue weighted by molar-refractivity contribution is 0.0139. The molecular formula is C15H21FN2O3. The molecule has 0 aliphatic carbocycles. The summed E-state index contributed by atoms with van der Waals surface area (Å²) in [6.07, 6.45) is 1.59. The SMILES string of the molecule is COc1ccc(C(=O)N2CCC(OC)CC2CN)cc1F. The number of nitrogens with zero attached hydrogens (tertiary/aromatic N) is 1. The van der Waals surface area contributed by atoms with Crippen molar-refractivity contribution in [1.29, 1.82) is 0 Å². The second kappa shape index (κ2) is 6.87. The largest absolute Gasteiger partial charge is 0.494 e. The number of rotatable bonds is 4. The first kappa shape index (κ1) is 15.7. The number of nitrogens with two attached hydrogens (primary N) is 1. The summed E-state index contributed by atoms with van der Waals surface area (Å²) >= 11 is 0. The molecule has 116 valence electrons. The summed E-state index contributed by atoms with van der Waals surface area (Å²) in [5.74, 6) is -0.624. The first-order valence-corrected chi connectivity index (χ1v) is 6.98. The predicted octanol–water partition coefficient (Wildman–Crippen LogP) is 1.41. The molecule has 21 heavy (non-hydrogen) atoms. The van der Waals surface area contributed by atoms with Crippen molar-refractivity contribution in [3.05, 3.63) is 29.6 Å². The van der Waals surface area contributed by atoms with Gasteiger partial charge in [-0.15, -0.1) is 0 Å². The van der Waals surface area contributed by atoms with Crippen LogP contribution >= 0.6 is 0 Å². The van der Waals surface area contributed by atoms with Gasteiger partial charge in [0, 0.05) is 31.8 Å². The van der Waals surface area contributed by atoms with Crippen molar-refractivity contribution in [2.45, 2.75) is 25.0 Å². The number of ether oxygens (including phenoxy) is 2. The van der Waals surface area contributed by atoms with Crippen LogP contribution in [0.4, 0.5) is 4.39 Å². The highest BCUT2D eigenvalue weighted by molar-refractivity contribution is 5.94. The molecular weight excluding hydrogens is 275 g/mol. The molecule has 1 aliphatic heterocycles. The average Bonchev–Trinajstić information content (AvgIpc) is 2.53. The maximum absolute atomic E-state index is 13.7. The molecule has 6 heteroatoms. The van der Waals surface area contributed by atoms with Gasteiger partial charge in [-0.05, 0) is 31.0 Å². The van der Waals surface area contributed by atoms with E-state index in [1.807, 2.05) is 0 Å². The first-order valence-electron chi connectivity index (χ1n) is 6.98. The van der Waals surface area contributed by atoms with Crippen LogP contribution in [0.1, 0.15) is 23.2 Å². The number of hydrogen-bond donors (Lipinski definition) is 1. The molecule has 1 fully saturated rings. The lowest BCUT2D eigenvalue weighted by Gasteiger charge is -2.38. The van der Waals surface area contributed by atoms with Crippen LogP contribution in [0.25, 0.3) is 0 Å². The van der Waals surface area contributed by atoms with Crippen LogP contribution in [0.15, 0.2) is 18.2 Å². The van der Waals surface area contributed by atoms with Gasteiger partial charge in [0.05, 0.1) is 13.2 Å². The topological polar surface area (TPSA) is 64.8 Å². The summed E-state index contributed by atoms with van der Waals surface area (Å²) in [6, 6.07) is 4.15. The van der Waals surface area contributed by atoms with E-state index in [1.54, 1.807) is 18.1 Å². The Morgan fingerprint density at radius 2 is 2.24 bits per heavy atom. The summed E-state index contributed by atoms with van der Waals surface area (Å²) in [5.41, 5.74) is 6.07. The number of hydrogen-bond acceptors (Lipinski definition) is 4. The Bertz CT molecular complexity index is 510. The minimum absolute atomic E-state index is 0.0821. The number of benzene rings is 1. The second-order valence-electron chi connectivity index (χ2n) is 5.12. The molecule has 0 aromatic heterocycles. The molecule has 5 nitrogen and oxygen atoms in total. The van der Waals surface area contributed by atoms with Crippen molar-refractivity contribution in [2.24, 2.45) is 5.73 Å². The van der Waals surface area contributed by atoms with Crippen LogP contribution in [0.3, 0.4) is 0 Å². The summed E-state index contributed by atoms with van der Waals surface area (Å²) in [5, 5.41) is 0. The summed E-state index contributed by atoms with van der Waals surface area (Å²) in [7, 11) is 3.05. The highest BCUT2D eigenvalue weighted by Gasteiger charge is 2.31. The van der Waals surface area contributed by atoms with Crippen LogP contribution < -0.4 is 10.5 Å². The van der Waals surface area contributed by atoms with Crippen molar-refractivity contribution in [3.63, 3.8) is 0 Å². The van der Waals surface area contributed by atoms with Crippen LogP contribution in [0.2, 0.25) is 0 Å². The number of methoxy groups -OCH3 is 2. The van der Waals surface area contributed by atoms with Crippen LogP contribution in [-0.2, 0) is 4.74 Å². The fourth-order valence-corrected chi connectivity index (χ4v) is 2.68. The minimum Gasteiger partial charge on any atom is -0.494 e. The van der Waals surface area contributed by atoms with Crippen molar-refractivity contribution in [3.8, 4) is 5.75 Å². The molecule has 0 bridgehead atoms. The van der Waals surface area contributed by atoms with E-state index in [0.29, 0.717) is 25.1 Å². The Labute approximate surface area is 123 Å². The highest BCUT2D eigenvalue weighted by atomic mass is 19.1. The molecule has 1 aliphatic rings. The van der Waals surface area contributed by atoms with Crippen LogP contribution in [0.5, 0.6) is 5.75 Å². The van der Waals surface area contributed by atoms with Gasteiger partial charge in [0.2, 0.25) is 0 Å². The number of carbonyl (C=O) groups excluding carboxylic acids is 1. The molecule has 1 saturated heterocycles. The third-order valence-electron chi connectivity index (χ3n) is 3.93. The van der Waals surface area contributed by atoms with E-state index in [2.05, 4.69) is 0 Å². The number of piperidine rings is 1. The number of carbonyl (C=O) groups is 1. The normalized spacial score (nSPS) is 22.2. The van der Waals surface area contributed by atoms with Crippen LogP contribution in [-0.4, -0.2) is 50.3 Å². The van der Waals surface area contributed by atoms with Gasteiger partial charge in [0.25, 0.3) is 5.91 Å². The third kappa shape index (κ3) is 3.33. The molecule has 0 radical (unpaired) electrons. The summed E-state index contributed by atoms with van der Waals surface area (Å²) in [4.78, 5) is 14.2. The molecule has 2 rings (SSSR count). The maximum Gasteiger partial charge on any atom is 0.254 e. The van der Waals surface area contributed by atoms with E-state index in [-0.39, 0.29) is 23.8 Å². The van der Waals surface area contributed by atoms with E-state index in [1.165, 1.54) is 19.2 Å². The van der Waals surface area contributed by atoms with Gasteiger partial charge in [-0.1, -0.05) is 0 Å². The number of amides is 1. The standard InChI is InChI=1S/C15H21FN2O3/c1-20-12-5-6-18(11(8-12)9-17)15(19)10-3-4-14(21-2)13(16)7-10/h3-4,7,11-12H,5-6,8-9,17H2,1-2H3. The Kier molecular flexibility index (Phi) is 5.14. The van der Waals surface area contributed by atoms with Gasteiger partial charge in [0.1, 0.15) is 0 Å². The highest BCUT2D eigenvalue weighted by Crippen LogP contribution is 2.23. The van der Waals surface area contributed by atoms with E-state index in [4.69, 9.17) is 15.2 Å². The van der Waals surface area contributed by atoms with E-state index < -0.39 is 5.82 Å². The van der Waals surface area contributed by atoms with Crippen molar-refractivity contribution in [2.75, 3.05) is 27.3 Å². The number of likely N-dealkylation sites (tertiary alicyclic amines) is 1. The minimum atomic E-state index is -0.542. The number of halogens is 1. The molecule has 1 aromatic carbocycles. The first-order chi connectivity index (χ1) is 10.1. The zero-order valence-corrected chi connectivity index (χ0v) is 12.3.